The minimum Gasteiger partial charge on any atom is -0.497 e. The minimum atomic E-state index is -0.572. The summed E-state index contributed by atoms with van der Waals surface area (Å²) in [4.78, 5) is 2.19. The minimum absolute atomic E-state index is 0.0416. The van der Waals surface area contributed by atoms with Crippen molar-refractivity contribution in [2.75, 3.05) is 33.4 Å². The Morgan fingerprint density at radius 3 is 2.55 bits per heavy atom. The second-order valence-corrected chi connectivity index (χ2v) is 8.77. The van der Waals surface area contributed by atoms with Crippen LogP contribution in [-0.2, 0) is 12.1 Å². The number of methoxy groups -OCH3 is 1. The maximum Gasteiger partial charge on any atom is 0.124 e. The molecule has 0 aromatic heterocycles. The number of likely N-dealkylation sites (tertiary alicyclic amines) is 1. The quantitative estimate of drug-likeness (QED) is 0.543. The van der Waals surface area contributed by atoms with Crippen molar-refractivity contribution in [3.8, 4) is 11.5 Å². The molecule has 4 rings (SSSR count). The highest BCUT2D eigenvalue weighted by molar-refractivity contribution is 5.41. The van der Waals surface area contributed by atoms with Gasteiger partial charge in [0.25, 0.3) is 0 Å². The van der Waals surface area contributed by atoms with Crippen LogP contribution in [0, 0.1) is 0 Å². The lowest BCUT2D eigenvalue weighted by Gasteiger charge is -2.31. The first kappa shape index (κ1) is 22.1. The van der Waals surface area contributed by atoms with Gasteiger partial charge in [-0.25, -0.2) is 0 Å². The standard InChI is InChI=1S/C25H34N2O4/c1-30-23-7-8-24(31-18-22(29)17-27-13-9-21(28)10-14-27)19(15-23)16-26-25(11-12-25)20-5-3-2-4-6-20/h2-8,15,21-22,26,28-29H,9-14,16-18H2,1H3. The Kier molecular flexibility index (Phi) is 7.13. The Hall–Kier alpha value is -2.12. The first-order valence-corrected chi connectivity index (χ1v) is 11.3. The molecule has 2 aromatic rings. The third-order valence-electron chi connectivity index (χ3n) is 6.42. The van der Waals surface area contributed by atoms with Crippen LogP contribution in [-0.4, -0.2) is 60.7 Å². The Labute approximate surface area is 184 Å². The number of piperidine rings is 1. The summed E-state index contributed by atoms with van der Waals surface area (Å²) in [6.07, 6.45) is 3.01. The fraction of sp³-hybridized carbons (Fsp3) is 0.520. The van der Waals surface area contributed by atoms with E-state index >= 15 is 0 Å². The van der Waals surface area contributed by atoms with Crippen molar-refractivity contribution < 1.29 is 19.7 Å². The van der Waals surface area contributed by atoms with Crippen molar-refractivity contribution in [2.45, 2.75) is 50.0 Å². The van der Waals surface area contributed by atoms with E-state index in [9.17, 15) is 10.2 Å². The number of aliphatic hydroxyl groups is 2. The molecule has 31 heavy (non-hydrogen) atoms. The molecular weight excluding hydrogens is 392 g/mol. The SMILES string of the molecule is COc1ccc(OCC(O)CN2CCC(O)CC2)c(CNC2(c3ccccc3)CC2)c1. The van der Waals surface area contributed by atoms with Gasteiger partial charge in [0, 0.05) is 37.3 Å². The number of rotatable bonds is 10. The normalized spacial score (nSPS) is 19.7. The third kappa shape index (κ3) is 5.77. The van der Waals surface area contributed by atoms with Gasteiger partial charge in [0.2, 0.25) is 0 Å². The van der Waals surface area contributed by atoms with Gasteiger partial charge in [0.05, 0.1) is 13.2 Å². The van der Waals surface area contributed by atoms with Gasteiger partial charge in [-0.3, -0.25) is 0 Å². The number of nitrogens with zero attached hydrogens (tertiary/aromatic N) is 1. The lowest BCUT2D eigenvalue weighted by molar-refractivity contribution is 0.0336. The summed E-state index contributed by atoms with van der Waals surface area (Å²) in [7, 11) is 1.67. The average Bonchev–Trinajstić information content (AvgIpc) is 3.60. The first-order chi connectivity index (χ1) is 15.1. The van der Waals surface area contributed by atoms with Crippen molar-refractivity contribution in [2.24, 2.45) is 0 Å². The molecule has 1 atom stereocenters. The van der Waals surface area contributed by atoms with E-state index in [0.717, 1.165) is 55.8 Å². The second kappa shape index (κ2) is 10.0. The van der Waals surface area contributed by atoms with Gasteiger partial charge < -0.3 is 29.9 Å². The van der Waals surface area contributed by atoms with Crippen LogP contribution in [0.2, 0.25) is 0 Å². The maximum atomic E-state index is 10.5. The first-order valence-electron chi connectivity index (χ1n) is 11.3. The van der Waals surface area contributed by atoms with Crippen LogP contribution >= 0.6 is 0 Å². The smallest absolute Gasteiger partial charge is 0.124 e. The monoisotopic (exact) mass is 426 g/mol. The predicted octanol–water partition coefficient (Wildman–Crippen LogP) is 2.67. The predicted molar refractivity (Wildman–Crippen MR) is 120 cm³/mol. The molecule has 6 heteroatoms. The van der Waals surface area contributed by atoms with E-state index in [0.29, 0.717) is 13.1 Å². The lowest BCUT2D eigenvalue weighted by atomic mass is 10.0. The van der Waals surface area contributed by atoms with Crippen LogP contribution < -0.4 is 14.8 Å². The Morgan fingerprint density at radius 1 is 1.13 bits per heavy atom. The van der Waals surface area contributed by atoms with Crippen LogP contribution in [0.4, 0.5) is 0 Å². The molecule has 1 heterocycles. The molecule has 1 saturated carbocycles. The summed E-state index contributed by atoms with van der Waals surface area (Å²) in [5.74, 6) is 1.56. The van der Waals surface area contributed by atoms with Gasteiger partial charge in [-0.15, -0.1) is 0 Å². The van der Waals surface area contributed by atoms with E-state index in [1.54, 1.807) is 7.11 Å². The van der Waals surface area contributed by atoms with Crippen LogP contribution in [0.25, 0.3) is 0 Å². The van der Waals surface area contributed by atoms with E-state index < -0.39 is 6.10 Å². The molecule has 2 fully saturated rings. The lowest BCUT2D eigenvalue weighted by Crippen LogP contribution is -2.41. The Bertz CT molecular complexity index is 833. The molecule has 2 aromatic carbocycles. The van der Waals surface area contributed by atoms with Gasteiger partial charge in [-0.05, 0) is 49.4 Å². The summed E-state index contributed by atoms with van der Waals surface area (Å²) < 4.78 is 11.4. The Morgan fingerprint density at radius 2 is 1.87 bits per heavy atom. The number of hydrogen-bond donors (Lipinski definition) is 3. The van der Waals surface area contributed by atoms with Crippen molar-refractivity contribution in [1.29, 1.82) is 0 Å². The van der Waals surface area contributed by atoms with Crippen molar-refractivity contribution in [1.82, 2.24) is 10.2 Å². The van der Waals surface area contributed by atoms with Crippen molar-refractivity contribution in [3.63, 3.8) is 0 Å². The second-order valence-electron chi connectivity index (χ2n) is 8.77. The highest BCUT2D eigenvalue weighted by atomic mass is 16.5. The number of hydrogen-bond acceptors (Lipinski definition) is 6. The maximum absolute atomic E-state index is 10.5. The number of ether oxygens (including phenoxy) is 2. The van der Waals surface area contributed by atoms with Gasteiger partial charge in [0.1, 0.15) is 24.2 Å². The molecule has 0 spiro atoms. The zero-order chi connectivity index (χ0) is 21.7. The molecule has 1 saturated heterocycles. The molecule has 2 aliphatic rings. The molecule has 3 N–H and O–H groups in total. The zero-order valence-corrected chi connectivity index (χ0v) is 18.3. The van der Waals surface area contributed by atoms with Crippen LogP contribution in [0.15, 0.2) is 48.5 Å². The molecule has 168 valence electrons. The number of β-amino-alcohol motifs (C(OH)–C–C–N with tert-alkyl or cyclic N) is 1. The summed E-state index contributed by atoms with van der Waals surface area (Å²) in [5.41, 5.74) is 2.39. The fourth-order valence-corrected chi connectivity index (χ4v) is 4.31. The molecule has 1 unspecified atom stereocenters. The number of nitrogens with one attached hydrogen (secondary N) is 1. The molecule has 0 amide bonds. The van der Waals surface area contributed by atoms with Crippen molar-refractivity contribution in [3.05, 3.63) is 59.7 Å². The van der Waals surface area contributed by atoms with E-state index in [4.69, 9.17) is 9.47 Å². The van der Waals surface area contributed by atoms with Crippen LogP contribution in [0.1, 0.15) is 36.8 Å². The third-order valence-corrected chi connectivity index (χ3v) is 6.42. The van der Waals surface area contributed by atoms with E-state index in [1.807, 2.05) is 24.3 Å². The van der Waals surface area contributed by atoms with Crippen LogP contribution in [0.5, 0.6) is 11.5 Å². The highest BCUT2D eigenvalue weighted by Gasteiger charge is 2.43. The molecule has 0 radical (unpaired) electrons. The van der Waals surface area contributed by atoms with Gasteiger partial charge in [0.15, 0.2) is 0 Å². The van der Waals surface area contributed by atoms with Gasteiger partial charge in [-0.2, -0.15) is 0 Å². The zero-order valence-electron chi connectivity index (χ0n) is 18.3. The van der Waals surface area contributed by atoms with Crippen molar-refractivity contribution >= 4 is 0 Å². The molecule has 0 bridgehead atoms. The molecule has 1 aliphatic carbocycles. The van der Waals surface area contributed by atoms with Crippen LogP contribution in [0.3, 0.4) is 0 Å². The van der Waals surface area contributed by atoms with E-state index in [1.165, 1.54) is 5.56 Å². The highest BCUT2D eigenvalue weighted by Crippen LogP contribution is 2.45. The summed E-state index contributed by atoms with van der Waals surface area (Å²) in [6.45, 7) is 3.10. The topological polar surface area (TPSA) is 74.2 Å². The van der Waals surface area contributed by atoms with Gasteiger partial charge >= 0.3 is 0 Å². The van der Waals surface area contributed by atoms with E-state index in [2.05, 4.69) is 34.5 Å². The fourth-order valence-electron chi connectivity index (χ4n) is 4.31. The summed E-state index contributed by atoms with van der Waals surface area (Å²) in [6, 6.07) is 16.4. The largest absolute Gasteiger partial charge is 0.497 e. The molecular formula is C25H34N2O4. The Balaban J connectivity index is 1.35. The van der Waals surface area contributed by atoms with Gasteiger partial charge in [-0.1, -0.05) is 30.3 Å². The number of benzene rings is 2. The summed E-state index contributed by atoms with van der Waals surface area (Å²) in [5, 5.41) is 23.8. The summed E-state index contributed by atoms with van der Waals surface area (Å²) >= 11 is 0. The number of aliphatic hydroxyl groups excluding tert-OH is 2. The van der Waals surface area contributed by atoms with E-state index in [-0.39, 0.29) is 18.2 Å². The molecule has 1 aliphatic heterocycles. The molecule has 6 nitrogen and oxygen atoms in total. The average molecular weight is 427 g/mol.